The Bertz CT molecular complexity index is 1160. The van der Waals surface area contributed by atoms with Crippen LogP contribution in [0.5, 0.6) is 0 Å². The van der Waals surface area contributed by atoms with Crippen LogP contribution in [0, 0.1) is 13.8 Å². The number of fused-ring (bicyclic) bond motifs is 1. The third-order valence-corrected chi connectivity index (χ3v) is 5.14. The fourth-order valence-corrected chi connectivity index (χ4v) is 3.39. The summed E-state index contributed by atoms with van der Waals surface area (Å²) < 4.78 is 45.0. The van der Waals surface area contributed by atoms with Crippen LogP contribution in [0.15, 0.2) is 33.5 Å². The quantitative estimate of drug-likeness (QED) is 0.329. The van der Waals surface area contributed by atoms with Gasteiger partial charge in [0.25, 0.3) is 0 Å². The molecule has 3 aromatic rings. The summed E-state index contributed by atoms with van der Waals surface area (Å²) in [4.78, 5) is 11.5. The number of aromatic nitrogens is 2. The minimum Gasteiger partial charge on any atom is -0.423 e. The Kier molecular flexibility index (Phi) is 6.37. The number of aryl methyl sites for hydroxylation is 2. The van der Waals surface area contributed by atoms with Crippen LogP contribution in [0.2, 0.25) is 5.02 Å². The zero-order valence-electron chi connectivity index (χ0n) is 16.1. The van der Waals surface area contributed by atoms with E-state index in [-0.39, 0.29) is 17.3 Å². The average molecular weight is 459 g/mol. The van der Waals surface area contributed by atoms with E-state index in [9.17, 15) is 18.0 Å². The lowest BCUT2D eigenvalue weighted by atomic mass is 10.1. The molecule has 0 radical (unpaired) electrons. The minimum atomic E-state index is -4.59. The molecule has 160 valence electrons. The Morgan fingerprint density at radius 1 is 1.30 bits per heavy atom. The first-order valence-electron chi connectivity index (χ1n) is 8.95. The second kappa shape index (κ2) is 8.65. The number of nitrogens with zero attached hydrogens (tertiary/aromatic N) is 2. The van der Waals surface area contributed by atoms with Crippen molar-refractivity contribution in [3.63, 3.8) is 0 Å². The van der Waals surface area contributed by atoms with Gasteiger partial charge < -0.3 is 15.1 Å². The normalized spacial score (nSPS) is 11.7. The van der Waals surface area contributed by atoms with Gasteiger partial charge in [-0.1, -0.05) is 11.6 Å². The van der Waals surface area contributed by atoms with E-state index in [4.69, 9.17) is 28.2 Å². The highest BCUT2D eigenvalue weighted by Gasteiger charge is 2.38. The molecule has 6 nitrogen and oxygen atoms in total. The zero-order valence-corrected chi connectivity index (χ0v) is 17.6. The van der Waals surface area contributed by atoms with E-state index >= 15 is 0 Å². The fourth-order valence-electron chi connectivity index (χ4n) is 2.93. The largest absolute Gasteiger partial charge is 0.436 e. The molecule has 0 aliphatic carbocycles. The Morgan fingerprint density at radius 2 is 2.03 bits per heavy atom. The van der Waals surface area contributed by atoms with Crippen molar-refractivity contribution in [1.82, 2.24) is 15.1 Å². The molecular weight excluding hydrogens is 441 g/mol. The number of rotatable bonds is 5. The first-order valence-corrected chi connectivity index (χ1v) is 9.74. The van der Waals surface area contributed by atoms with Crippen molar-refractivity contribution < 1.29 is 17.6 Å². The maximum absolute atomic E-state index is 12.9. The standard InChI is InChI=1S/C19H18ClF3N4O2S/c1-10-8-15(28)29-14-9-12(4-5-13(10)14)25-18(30)24-6-3-7-27-11(2)16(20)17(26-27)19(21,22)23/h4-5,8-9H,3,6-7H2,1-2H3,(H2,24,25,30). The lowest BCUT2D eigenvalue weighted by Crippen LogP contribution is -2.29. The highest BCUT2D eigenvalue weighted by molar-refractivity contribution is 7.80. The van der Waals surface area contributed by atoms with Gasteiger partial charge in [0, 0.05) is 36.3 Å². The molecule has 11 heteroatoms. The van der Waals surface area contributed by atoms with E-state index < -0.39 is 17.5 Å². The molecule has 0 saturated heterocycles. The van der Waals surface area contributed by atoms with Gasteiger partial charge in [-0.3, -0.25) is 4.68 Å². The molecule has 0 fully saturated rings. The van der Waals surface area contributed by atoms with E-state index in [1.54, 1.807) is 12.1 Å². The van der Waals surface area contributed by atoms with Crippen LogP contribution in [0.4, 0.5) is 18.9 Å². The van der Waals surface area contributed by atoms with Crippen LogP contribution in [0.3, 0.4) is 0 Å². The maximum atomic E-state index is 12.9. The highest BCUT2D eigenvalue weighted by Crippen LogP contribution is 2.35. The van der Waals surface area contributed by atoms with Crippen LogP contribution in [-0.4, -0.2) is 21.4 Å². The number of halogens is 4. The van der Waals surface area contributed by atoms with E-state index in [0.717, 1.165) is 10.9 Å². The lowest BCUT2D eigenvalue weighted by molar-refractivity contribution is -0.141. The second-order valence-electron chi connectivity index (χ2n) is 6.66. The van der Waals surface area contributed by atoms with Crippen LogP contribution >= 0.6 is 23.8 Å². The molecule has 0 atom stereocenters. The van der Waals surface area contributed by atoms with Crippen molar-refractivity contribution in [1.29, 1.82) is 0 Å². The Balaban J connectivity index is 1.55. The van der Waals surface area contributed by atoms with Gasteiger partial charge in [0.1, 0.15) is 5.58 Å². The number of alkyl halides is 3. The van der Waals surface area contributed by atoms with Crippen molar-refractivity contribution in [2.24, 2.45) is 0 Å². The average Bonchev–Trinajstić information content (AvgIpc) is 2.93. The topological polar surface area (TPSA) is 72.1 Å². The van der Waals surface area contributed by atoms with Crippen LogP contribution in [0.25, 0.3) is 11.0 Å². The molecule has 0 aliphatic heterocycles. The summed E-state index contributed by atoms with van der Waals surface area (Å²) in [5, 5.41) is 10.3. The summed E-state index contributed by atoms with van der Waals surface area (Å²) in [7, 11) is 0. The summed E-state index contributed by atoms with van der Waals surface area (Å²) in [6, 6.07) is 6.72. The summed E-state index contributed by atoms with van der Waals surface area (Å²) in [5.74, 6) is 0. The molecule has 0 amide bonds. The number of hydrogen-bond acceptors (Lipinski definition) is 4. The summed E-state index contributed by atoms with van der Waals surface area (Å²) >= 11 is 11.0. The van der Waals surface area contributed by atoms with Crippen LogP contribution < -0.4 is 16.3 Å². The minimum absolute atomic E-state index is 0.248. The SMILES string of the molecule is Cc1cc(=O)oc2cc(NC(=S)NCCCn3nc(C(F)(F)F)c(Cl)c3C)ccc12. The molecule has 3 rings (SSSR count). The number of benzene rings is 1. The predicted octanol–water partition coefficient (Wildman–Crippen LogP) is 4.66. The monoisotopic (exact) mass is 458 g/mol. The molecule has 0 aliphatic rings. The van der Waals surface area contributed by atoms with Crippen LogP contribution in [-0.2, 0) is 12.7 Å². The van der Waals surface area contributed by atoms with Crippen molar-refractivity contribution in [2.45, 2.75) is 33.0 Å². The van der Waals surface area contributed by atoms with Gasteiger partial charge >= 0.3 is 11.8 Å². The molecule has 30 heavy (non-hydrogen) atoms. The summed E-state index contributed by atoms with van der Waals surface area (Å²) in [6.45, 7) is 3.97. The van der Waals surface area contributed by atoms with E-state index in [2.05, 4.69) is 15.7 Å². The van der Waals surface area contributed by atoms with Gasteiger partial charge in [-0.25, -0.2) is 4.79 Å². The molecule has 0 unspecified atom stereocenters. The van der Waals surface area contributed by atoms with E-state index in [1.165, 1.54) is 17.7 Å². The first-order chi connectivity index (χ1) is 14.1. The third-order valence-electron chi connectivity index (χ3n) is 4.44. The number of thiocarbonyl (C=S) groups is 1. The first kappa shape index (κ1) is 22.1. The van der Waals surface area contributed by atoms with Gasteiger partial charge in [-0.05, 0) is 50.2 Å². The Hall–Kier alpha value is -2.59. The van der Waals surface area contributed by atoms with Crippen molar-refractivity contribution in [3.8, 4) is 0 Å². The van der Waals surface area contributed by atoms with Crippen LogP contribution in [0.1, 0.15) is 23.4 Å². The van der Waals surface area contributed by atoms with Gasteiger partial charge in [0.05, 0.1) is 10.7 Å². The fraction of sp³-hybridized carbons (Fsp3) is 0.316. The number of hydrogen-bond donors (Lipinski definition) is 2. The summed E-state index contributed by atoms with van der Waals surface area (Å²) in [6.07, 6.45) is -4.11. The smallest absolute Gasteiger partial charge is 0.423 e. The Labute approximate surface area is 180 Å². The molecule has 2 aromatic heterocycles. The van der Waals surface area contributed by atoms with Crippen molar-refractivity contribution >= 4 is 45.6 Å². The Morgan fingerprint density at radius 3 is 2.70 bits per heavy atom. The van der Waals surface area contributed by atoms with E-state index in [1.807, 2.05) is 13.0 Å². The predicted molar refractivity (Wildman–Crippen MR) is 113 cm³/mol. The van der Waals surface area contributed by atoms with E-state index in [0.29, 0.717) is 29.3 Å². The molecule has 2 heterocycles. The number of nitrogens with one attached hydrogen (secondary N) is 2. The highest BCUT2D eigenvalue weighted by atomic mass is 35.5. The zero-order chi connectivity index (χ0) is 22.1. The second-order valence-corrected chi connectivity index (χ2v) is 7.45. The maximum Gasteiger partial charge on any atom is 0.436 e. The third kappa shape index (κ3) is 4.93. The molecule has 2 N–H and O–H groups in total. The molecule has 1 aromatic carbocycles. The van der Waals surface area contributed by atoms with Gasteiger partial charge in [-0.2, -0.15) is 18.3 Å². The summed E-state index contributed by atoms with van der Waals surface area (Å²) in [5.41, 5.74) is 0.650. The lowest BCUT2D eigenvalue weighted by Gasteiger charge is -2.11. The van der Waals surface area contributed by atoms with Gasteiger partial charge in [0.15, 0.2) is 10.8 Å². The molecular formula is C19H18ClF3N4O2S. The number of anilines is 1. The molecule has 0 saturated carbocycles. The van der Waals surface area contributed by atoms with Gasteiger partial charge in [-0.15, -0.1) is 0 Å². The van der Waals surface area contributed by atoms with Crippen molar-refractivity contribution in [2.75, 3.05) is 11.9 Å². The van der Waals surface area contributed by atoms with Crippen molar-refractivity contribution in [3.05, 3.63) is 56.7 Å². The molecule has 0 bridgehead atoms. The molecule has 0 spiro atoms. The van der Waals surface area contributed by atoms with Gasteiger partial charge in [0.2, 0.25) is 0 Å².